The van der Waals surface area contributed by atoms with Crippen molar-refractivity contribution in [3.05, 3.63) is 46.8 Å². The Morgan fingerprint density at radius 2 is 1.57 bits per heavy atom. The van der Waals surface area contributed by atoms with E-state index in [1.165, 1.54) is 5.69 Å². The fraction of sp³-hybridized carbons (Fsp3) is 0.444. The molecule has 0 aliphatic carbocycles. The van der Waals surface area contributed by atoms with Gasteiger partial charge in [-0.3, -0.25) is 0 Å². The lowest BCUT2D eigenvalue weighted by atomic mass is 10.2. The van der Waals surface area contributed by atoms with Crippen LogP contribution in [0.5, 0.6) is 0 Å². The molecule has 1 aromatic carbocycles. The molecule has 3 heterocycles. The van der Waals surface area contributed by atoms with E-state index in [0.717, 1.165) is 85.4 Å². The molecule has 0 amide bonds. The maximum Gasteiger partial charge on any atom is 0.189 e. The minimum atomic E-state index is 0.713. The van der Waals surface area contributed by atoms with Gasteiger partial charge in [-0.2, -0.15) is 0 Å². The molecule has 0 bridgehead atoms. The minimum absolute atomic E-state index is 0.713. The van der Waals surface area contributed by atoms with Gasteiger partial charge in [0.15, 0.2) is 16.1 Å². The number of nitrogens with one attached hydrogen (secondary N) is 1. The van der Waals surface area contributed by atoms with Crippen LogP contribution in [0.25, 0.3) is 11.3 Å². The Morgan fingerprint density at radius 3 is 2.19 bits per heavy atom. The molecular weight excluding hydrogens is 522 g/mol. The lowest BCUT2D eigenvalue weighted by Crippen LogP contribution is -2.50. The molecule has 0 spiro atoms. The highest BCUT2D eigenvalue weighted by Gasteiger charge is 2.24. The number of thiocarbonyl (C=S) groups is 1. The lowest BCUT2D eigenvalue weighted by molar-refractivity contribution is 0.389. The predicted octanol–water partition coefficient (Wildman–Crippen LogP) is 6.07. The van der Waals surface area contributed by atoms with Gasteiger partial charge in [0.05, 0.1) is 11.4 Å². The number of rotatable bonds is 9. The summed E-state index contributed by atoms with van der Waals surface area (Å²) in [6, 6.07) is 12.1. The molecule has 0 unspecified atom stereocenters. The third-order valence-electron chi connectivity index (χ3n) is 6.76. The van der Waals surface area contributed by atoms with Crippen molar-refractivity contribution in [2.75, 3.05) is 72.4 Å². The van der Waals surface area contributed by atoms with Crippen molar-refractivity contribution in [3.8, 4) is 11.3 Å². The highest BCUT2D eigenvalue weighted by molar-refractivity contribution is 7.80. The first-order valence-corrected chi connectivity index (χ1v) is 14.7. The van der Waals surface area contributed by atoms with Gasteiger partial charge in [-0.05, 0) is 64.2 Å². The van der Waals surface area contributed by atoms with Crippen LogP contribution in [-0.2, 0) is 0 Å². The highest BCUT2D eigenvalue weighted by atomic mass is 35.5. The molecule has 1 N–H and O–H groups in total. The van der Waals surface area contributed by atoms with Gasteiger partial charge in [-0.1, -0.05) is 23.7 Å². The Kier molecular flexibility index (Phi) is 9.45. The van der Waals surface area contributed by atoms with Crippen LogP contribution >= 0.6 is 35.2 Å². The monoisotopic (exact) mass is 557 g/mol. The second-order valence-corrected chi connectivity index (χ2v) is 10.5. The van der Waals surface area contributed by atoms with Crippen LogP contribution in [0.15, 0.2) is 41.8 Å². The van der Waals surface area contributed by atoms with E-state index in [4.69, 9.17) is 33.8 Å². The number of benzene rings is 1. The lowest BCUT2D eigenvalue weighted by Gasteiger charge is -2.38. The normalized spacial score (nSPS) is 13.5. The number of halogens is 1. The van der Waals surface area contributed by atoms with Crippen LogP contribution < -0.4 is 20.0 Å². The van der Waals surface area contributed by atoms with Gasteiger partial charge < -0.3 is 24.9 Å². The molecule has 198 valence electrons. The summed E-state index contributed by atoms with van der Waals surface area (Å²) in [6.07, 6.45) is 0. The second-order valence-electron chi connectivity index (χ2n) is 8.81. The summed E-state index contributed by atoms with van der Waals surface area (Å²) in [7, 11) is 0. The van der Waals surface area contributed by atoms with Crippen molar-refractivity contribution in [2.24, 2.45) is 0 Å². The van der Waals surface area contributed by atoms with E-state index < -0.39 is 0 Å². The van der Waals surface area contributed by atoms with Crippen LogP contribution in [-0.4, -0.2) is 72.3 Å². The molecule has 1 saturated heterocycles. The average molecular weight is 558 g/mol. The fourth-order valence-corrected chi connectivity index (χ4v) is 5.76. The van der Waals surface area contributed by atoms with Crippen molar-refractivity contribution in [3.63, 3.8) is 0 Å². The minimum Gasteiger partial charge on any atom is -0.369 e. The van der Waals surface area contributed by atoms with E-state index >= 15 is 0 Å². The molecule has 37 heavy (non-hydrogen) atoms. The fourth-order valence-electron chi connectivity index (χ4n) is 4.57. The molecule has 0 radical (unpaired) electrons. The van der Waals surface area contributed by atoms with Gasteiger partial charge >= 0.3 is 0 Å². The number of pyridine rings is 1. The number of piperazine rings is 1. The third kappa shape index (κ3) is 6.45. The zero-order valence-electron chi connectivity index (χ0n) is 22.1. The number of aromatic nitrogens is 2. The third-order valence-corrected chi connectivity index (χ3v) is 8.13. The maximum atomic E-state index is 6.02. The van der Waals surface area contributed by atoms with Crippen molar-refractivity contribution in [1.29, 1.82) is 0 Å². The van der Waals surface area contributed by atoms with Gasteiger partial charge in [0.2, 0.25) is 0 Å². The molecule has 1 fully saturated rings. The summed E-state index contributed by atoms with van der Waals surface area (Å²) in [5.41, 5.74) is 3.16. The first kappa shape index (κ1) is 27.4. The van der Waals surface area contributed by atoms with Crippen molar-refractivity contribution >= 4 is 62.7 Å². The van der Waals surface area contributed by atoms with E-state index in [1.54, 1.807) is 11.3 Å². The predicted molar refractivity (Wildman–Crippen MR) is 164 cm³/mol. The van der Waals surface area contributed by atoms with E-state index in [1.807, 2.05) is 29.6 Å². The smallest absolute Gasteiger partial charge is 0.189 e. The molecule has 1 aliphatic heterocycles. The molecule has 4 rings (SSSR count). The van der Waals surface area contributed by atoms with Crippen LogP contribution in [0.2, 0.25) is 5.02 Å². The zero-order chi connectivity index (χ0) is 26.4. The molecule has 10 heteroatoms. The Bertz CT molecular complexity index is 1170. The largest absolute Gasteiger partial charge is 0.369 e. The molecule has 1 aliphatic rings. The Hall–Kier alpha value is -2.62. The molecule has 3 aromatic rings. The van der Waals surface area contributed by atoms with E-state index in [-0.39, 0.29) is 0 Å². The number of nitrogens with zero attached hydrogens (tertiary/aromatic N) is 6. The first-order valence-electron chi connectivity index (χ1n) is 13.0. The zero-order valence-corrected chi connectivity index (χ0v) is 24.5. The van der Waals surface area contributed by atoms with E-state index in [0.29, 0.717) is 5.11 Å². The maximum absolute atomic E-state index is 6.02. The van der Waals surface area contributed by atoms with E-state index in [2.05, 4.69) is 64.7 Å². The SMILES string of the molecule is CCN(CC)c1ccc(N(CC)CC)c(N2CCN(C(=S)Nc3nc(-c4ccc(Cl)cc4)cs3)CC2)n1. The molecule has 0 saturated carbocycles. The van der Waals surface area contributed by atoms with Crippen LogP contribution in [0.4, 0.5) is 22.5 Å². The number of hydrogen-bond acceptors (Lipinski definition) is 7. The molecule has 7 nitrogen and oxygen atoms in total. The molecular formula is C27H36ClN7S2. The summed E-state index contributed by atoms with van der Waals surface area (Å²) in [4.78, 5) is 19.2. The van der Waals surface area contributed by atoms with Crippen LogP contribution in [0.3, 0.4) is 0 Å². The van der Waals surface area contributed by atoms with Gasteiger partial charge in [-0.15, -0.1) is 11.3 Å². The Morgan fingerprint density at radius 1 is 0.919 bits per heavy atom. The van der Waals surface area contributed by atoms with Crippen molar-refractivity contribution in [2.45, 2.75) is 27.7 Å². The van der Waals surface area contributed by atoms with Gasteiger partial charge in [0, 0.05) is 68.3 Å². The summed E-state index contributed by atoms with van der Waals surface area (Å²) in [6.45, 7) is 15.9. The summed E-state index contributed by atoms with van der Waals surface area (Å²) in [5.74, 6) is 2.11. The number of anilines is 4. The Labute approximate surface area is 235 Å². The summed E-state index contributed by atoms with van der Waals surface area (Å²) >= 11 is 13.3. The molecule has 2 aromatic heterocycles. The second kappa shape index (κ2) is 12.8. The quantitative estimate of drug-likeness (QED) is 0.318. The Balaban J connectivity index is 1.43. The molecule has 0 atom stereocenters. The van der Waals surface area contributed by atoms with Gasteiger partial charge in [0.25, 0.3) is 0 Å². The van der Waals surface area contributed by atoms with Crippen molar-refractivity contribution < 1.29 is 0 Å². The van der Waals surface area contributed by atoms with Crippen molar-refractivity contribution in [1.82, 2.24) is 14.9 Å². The highest BCUT2D eigenvalue weighted by Crippen LogP contribution is 2.31. The number of thiazole rings is 1. The number of hydrogen-bond donors (Lipinski definition) is 1. The van der Waals surface area contributed by atoms with Gasteiger partial charge in [0.1, 0.15) is 5.82 Å². The van der Waals surface area contributed by atoms with Crippen LogP contribution in [0.1, 0.15) is 27.7 Å². The summed E-state index contributed by atoms with van der Waals surface area (Å²) in [5, 5.41) is 7.62. The topological polar surface area (TPSA) is 50.8 Å². The van der Waals surface area contributed by atoms with Crippen LogP contribution in [0, 0.1) is 0 Å². The summed E-state index contributed by atoms with van der Waals surface area (Å²) < 4.78 is 0. The standard InChI is InChI=1S/C27H36ClN7S2/c1-5-32(6-2)23-13-14-24(33(7-3)8-4)30-25(23)34-15-17-35(18-16-34)27(36)31-26-29-22(19-37-26)20-9-11-21(28)12-10-20/h9-14,19H,5-8,15-18H2,1-4H3,(H,29,31,36). The van der Waals surface area contributed by atoms with Gasteiger partial charge in [-0.25, -0.2) is 9.97 Å². The van der Waals surface area contributed by atoms with E-state index in [9.17, 15) is 0 Å². The average Bonchev–Trinajstić information content (AvgIpc) is 3.39. The first-order chi connectivity index (χ1) is 18.0.